The van der Waals surface area contributed by atoms with Crippen LogP contribution in [0.25, 0.3) is 0 Å². The molecule has 0 aliphatic carbocycles. The van der Waals surface area contributed by atoms with E-state index in [1.54, 1.807) is 0 Å². The minimum atomic E-state index is 0.764. The van der Waals surface area contributed by atoms with Gasteiger partial charge in [-0.05, 0) is 25.3 Å². The fourth-order valence-corrected chi connectivity index (χ4v) is 2.14. The van der Waals surface area contributed by atoms with Crippen LogP contribution in [0.15, 0.2) is 0 Å². The molecule has 0 bridgehead atoms. The van der Waals surface area contributed by atoms with Crippen LogP contribution >= 0.6 is 0 Å². The second kappa shape index (κ2) is 8.55. The van der Waals surface area contributed by atoms with Crippen LogP contribution in [0.1, 0.15) is 59.8 Å². The monoisotopic (exact) mass is 185 g/mol. The average molecular weight is 185 g/mol. The van der Waals surface area contributed by atoms with Gasteiger partial charge in [0.25, 0.3) is 0 Å². The molecule has 80 valence electrons. The van der Waals surface area contributed by atoms with Crippen LogP contribution in [0.4, 0.5) is 0 Å². The molecule has 0 amide bonds. The van der Waals surface area contributed by atoms with E-state index in [0.29, 0.717) is 0 Å². The van der Waals surface area contributed by atoms with Gasteiger partial charge in [0, 0.05) is 6.04 Å². The summed E-state index contributed by atoms with van der Waals surface area (Å²) in [6.07, 6.45) is 6.67. The number of hydrogen-bond acceptors (Lipinski definition) is 1. The van der Waals surface area contributed by atoms with Gasteiger partial charge in [0.1, 0.15) is 0 Å². The lowest BCUT2D eigenvalue weighted by atomic mass is 9.89. The molecule has 0 heterocycles. The Morgan fingerprint density at radius 3 is 1.92 bits per heavy atom. The van der Waals surface area contributed by atoms with Crippen molar-refractivity contribution in [3.8, 4) is 0 Å². The predicted molar refractivity (Wildman–Crippen MR) is 61.1 cm³/mol. The van der Waals surface area contributed by atoms with Gasteiger partial charge in [-0.25, -0.2) is 0 Å². The molecule has 0 aromatic rings. The van der Waals surface area contributed by atoms with E-state index in [4.69, 9.17) is 0 Å². The number of hydrogen-bond donors (Lipinski definition) is 1. The Morgan fingerprint density at radius 1 is 0.923 bits per heavy atom. The Labute approximate surface area is 84.3 Å². The van der Waals surface area contributed by atoms with Gasteiger partial charge in [-0.2, -0.15) is 0 Å². The van der Waals surface area contributed by atoms with Crippen LogP contribution in [-0.2, 0) is 0 Å². The van der Waals surface area contributed by atoms with E-state index >= 15 is 0 Å². The average Bonchev–Trinajstić information content (AvgIpc) is 2.14. The summed E-state index contributed by atoms with van der Waals surface area (Å²) in [5, 5.41) is 3.62. The van der Waals surface area contributed by atoms with Crippen molar-refractivity contribution in [3.05, 3.63) is 0 Å². The van der Waals surface area contributed by atoms with Crippen molar-refractivity contribution >= 4 is 0 Å². The molecule has 0 aliphatic heterocycles. The molecular formula is C12H27N. The van der Waals surface area contributed by atoms with Crippen molar-refractivity contribution in [1.29, 1.82) is 0 Å². The van der Waals surface area contributed by atoms with Crippen LogP contribution < -0.4 is 5.32 Å². The maximum atomic E-state index is 3.62. The summed E-state index contributed by atoms with van der Waals surface area (Å²) in [6, 6.07) is 0.764. The smallest absolute Gasteiger partial charge is 0.00950 e. The van der Waals surface area contributed by atoms with E-state index in [0.717, 1.165) is 18.5 Å². The van der Waals surface area contributed by atoms with E-state index in [9.17, 15) is 0 Å². The summed E-state index contributed by atoms with van der Waals surface area (Å²) in [5.41, 5.74) is 0. The standard InChI is InChI=1S/C12H27N/c1-5-9-11(7-3)12(10-6-2)13-8-4/h11-13H,5-10H2,1-4H3. The highest BCUT2D eigenvalue weighted by atomic mass is 14.9. The second-order valence-electron chi connectivity index (χ2n) is 3.91. The molecule has 1 heteroatoms. The zero-order valence-electron chi connectivity index (χ0n) is 9.90. The zero-order valence-corrected chi connectivity index (χ0v) is 9.90. The molecule has 2 unspecified atom stereocenters. The number of rotatable bonds is 8. The molecule has 1 N–H and O–H groups in total. The molecule has 0 saturated heterocycles. The van der Waals surface area contributed by atoms with Crippen molar-refractivity contribution in [1.82, 2.24) is 5.32 Å². The molecule has 0 saturated carbocycles. The minimum absolute atomic E-state index is 0.764. The van der Waals surface area contributed by atoms with Gasteiger partial charge in [-0.1, -0.05) is 47.0 Å². The predicted octanol–water partition coefficient (Wildman–Crippen LogP) is 3.59. The van der Waals surface area contributed by atoms with Crippen molar-refractivity contribution in [2.45, 2.75) is 65.8 Å². The van der Waals surface area contributed by atoms with Gasteiger partial charge in [-0.3, -0.25) is 0 Å². The fourth-order valence-electron chi connectivity index (χ4n) is 2.14. The van der Waals surface area contributed by atoms with E-state index in [2.05, 4.69) is 33.0 Å². The molecule has 0 aliphatic rings. The first-order chi connectivity index (χ1) is 6.29. The van der Waals surface area contributed by atoms with E-state index in [-0.39, 0.29) is 0 Å². The molecule has 0 rings (SSSR count). The normalized spacial score (nSPS) is 15.7. The highest BCUT2D eigenvalue weighted by Crippen LogP contribution is 2.18. The summed E-state index contributed by atoms with van der Waals surface area (Å²) in [5.74, 6) is 0.893. The SMILES string of the molecule is CCCC(CC)C(CCC)NCC. The Hall–Kier alpha value is -0.0400. The molecule has 0 spiro atoms. The van der Waals surface area contributed by atoms with Gasteiger partial charge in [-0.15, -0.1) is 0 Å². The van der Waals surface area contributed by atoms with Crippen molar-refractivity contribution < 1.29 is 0 Å². The van der Waals surface area contributed by atoms with Gasteiger partial charge >= 0.3 is 0 Å². The van der Waals surface area contributed by atoms with Crippen LogP contribution in [0.5, 0.6) is 0 Å². The van der Waals surface area contributed by atoms with E-state index in [1.807, 2.05) is 0 Å². The third-order valence-corrected chi connectivity index (χ3v) is 2.82. The maximum absolute atomic E-state index is 3.62. The summed E-state index contributed by atoms with van der Waals surface area (Å²) < 4.78 is 0. The molecule has 1 nitrogen and oxygen atoms in total. The first-order valence-electron chi connectivity index (χ1n) is 6.03. The Balaban J connectivity index is 3.94. The first kappa shape index (κ1) is 13.0. The van der Waals surface area contributed by atoms with Gasteiger partial charge in [0.15, 0.2) is 0 Å². The third kappa shape index (κ3) is 5.30. The van der Waals surface area contributed by atoms with Gasteiger partial charge in [0.2, 0.25) is 0 Å². The van der Waals surface area contributed by atoms with Crippen LogP contribution in [0, 0.1) is 5.92 Å². The molecular weight excluding hydrogens is 158 g/mol. The van der Waals surface area contributed by atoms with Crippen molar-refractivity contribution in [2.75, 3.05) is 6.54 Å². The first-order valence-corrected chi connectivity index (χ1v) is 6.03. The van der Waals surface area contributed by atoms with Crippen LogP contribution in [0.3, 0.4) is 0 Å². The highest BCUT2D eigenvalue weighted by Gasteiger charge is 2.16. The van der Waals surface area contributed by atoms with Crippen LogP contribution in [0.2, 0.25) is 0 Å². The summed E-state index contributed by atoms with van der Waals surface area (Å²) in [7, 11) is 0. The highest BCUT2D eigenvalue weighted by molar-refractivity contribution is 4.74. The molecule has 0 aromatic carbocycles. The van der Waals surface area contributed by atoms with Crippen molar-refractivity contribution in [3.63, 3.8) is 0 Å². The minimum Gasteiger partial charge on any atom is -0.314 e. The molecule has 0 radical (unpaired) electrons. The Bertz CT molecular complexity index is 95.3. The molecule has 0 fully saturated rings. The Morgan fingerprint density at radius 2 is 1.54 bits per heavy atom. The quantitative estimate of drug-likeness (QED) is 0.609. The molecule has 0 aromatic heterocycles. The maximum Gasteiger partial charge on any atom is 0.00950 e. The fraction of sp³-hybridized carbons (Fsp3) is 1.00. The van der Waals surface area contributed by atoms with E-state index < -0.39 is 0 Å². The summed E-state index contributed by atoms with van der Waals surface area (Å²) >= 11 is 0. The van der Waals surface area contributed by atoms with Crippen molar-refractivity contribution in [2.24, 2.45) is 5.92 Å². The van der Waals surface area contributed by atoms with Gasteiger partial charge in [0.05, 0.1) is 0 Å². The summed E-state index contributed by atoms with van der Waals surface area (Å²) in [6.45, 7) is 10.2. The van der Waals surface area contributed by atoms with Gasteiger partial charge < -0.3 is 5.32 Å². The lowest BCUT2D eigenvalue weighted by molar-refractivity contribution is 0.309. The third-order valence-electron chi connectivity index (χ3n) is 2.82. The molecule has 2 atom stereocenters. The molecule has 13 heavy (non-hydrogen) atoms. The Kier molecular flexibility index (Phi) is 8.53. The number of nitrogens with one attached hydrogen (secondary N) is 1. The lowest BCUT2D eigenvalue weighted by Gasteiger charge is -2.26. The lowest BCUT2D eigenvalue weighted by Crippen LogP contribution is -2.35. The van der Waals surface area contributed by atoms with Crippen LogP contribution in [-0.4, -0.2) is 12.6 Å². The summed E-state index contributed by atoms with van der Waals surface area (Å²) in [4.78, 5) is 0. The second-order valence-corrected chi connectivity index (χ2v) is 3.91. The largest absolute Gasteiger partial charge is 0.314 e. The zero-order chi connectivity index (χ0) is 10.1. The van der Waals surface area contributed by atoms with E-state index in [1.165, 1.54) is 32.1 Å². The topological polar surface area (TPSA) is 12.0 Å².